The number of ether oxygens (including phenoxy) is 1. The highest BCUT2D eigenvalue weighted by Gasteiger charge is 2.42. The van der Waals surface area contributed by atoms with Crippen LogP contribution in [0.3, 0.4) is 0 Å². The van der Waals surface area contributed by atoms with E-state index >= 15 is 0 Å². The molecular formula is C14H14O5. The molecule has 1 aromatic carbocycles. The van der Waals surface area contributed by atoms with Crippen LogP contribution < -0.4 is 10.4 Å². The minimum Gasteiger partial charge on any atom is -0.485 e. The maximum absolute atomic E-state index is 11.2. The number of aliphatic hydroxyl groups is 2. The Morgan fingerprint density at radius 3 is 2.68 bits per heavy atom. The largest absolute Gasteiger partial charge is 0.485 e. The average molecular weight is 262 g/mol. The summed E-state index contributed by atoms with van der Waals surface area (Å²) in [6, 6.07) is 6.16. The lowest BCUT2D eigenvalue weighted by molar-refractivity contribution is -0.111. The Kier molecular flexibility index (Phi) is 2.45. The summed E-state index contributed by atoms with van der Waals surface area (Å²) in [5.41, 5.74) is -0.461. The second kappa shape index (κ2) is 3.82. The van der Waals surface area contributed by atoms with Gasteiger partial charge in [-0.15, -0.1) is 0 Å². The van der Waals surface area contributed by atoms with Crippen molar-refractivity contribution in [2.45, 2.75) is 31.7 Å². The van der Waals surface area contributed by atoms with Gasteiger partial charge in [-0.3, -0.25) is 0 Å². The van der Waals surface area contributed by atoms with Crippen molar-refractivity contribution in [1.29, 1.82) is 0 Å². The van der Waals surface area contributed by atoms with Crippen LogP contribution in [0.2, 0.25) is 0 Å². The third-order valence-electron chi connectivity index (χ3n) is 3.45. The number of aliphatic hydroxyl groups excluding tert-OH is 2. The molecule has 1 aromatic heterocycles. The fraction of sp³-hybridized carbons (Fsp3) is 0.357. The Bertz CT molecular complexity index is 701. The van der Waals surface area contributed by atoms with E-state index in [1.165, 1.54) is 6.07 Å². The molecule has 5 heteroatoms. The second-order valence-corrected chi connectivity index (χ2v) is 5.28. The molecule has 0 aliphatic carbocycles. The Labute approximate surface area is 109 Å². The molecular weight excluding hydrogens is 248 g/mol. The summed E-state index contributed by atoms with van der Waals surface area (Å²) in [5, 5.41) is 20.9. The van der Waals surface area contributed by atoms with Gasteiger partial charge >= 0.3 is 5.63 Å². The minimum atomic E-state index is -1.03. The van der Waals surface area contributed by atoms with Crippen LogP contribution in [-0.2, 0) is 0 Å². The molecule has 2 aromatic rings. The fourth-order valence-electron chi connectivity index (χ4n) is 2.33. The Balaban J connectivity index is 2.25. The molecule has 0 spiro atoms. The smallest absolute Gasteiger partial charge is 0.336 e. The summed E-state index contributed by atoms with van der Waals surface area (Å²) >= 11 is 0. The lowest BCUT2D eigenvalue weighted by Crippen LogP contribution is -2.48. The van der Waals surface area contributed by atoms with Crippen molar-refractivity contribution in [1.82, 2.24) is 0 Å². The maximum Gasteiger partial charge on any atom is 0.336 e. The first-order valence-electron chi connectivity index (χ1n) is 6.01. The SMILES string of the molecule is CC1(C)Oc2cc3oc(=O)ccc3cc2C(O)C1O. The molecule has 0 fully saturated rings. The normalized spacial score (nSPS) is 24.8. The quantitative estimate of drug-likeness (QED) is 0.701. The molecule has 0 bridgehead atoms. The molecule has 1 aliphatic heterocycles. The van der Waals surface area contributed by atoms with E-state index in [1.807, 2.05) is 0 Å². The number of hydrogen-bond acceptors (Lipinski definition) is 5. The summed E-state index contributed by atoms with van der Waals surface area (Å²) in [4.78, 5) is 11.2. The van der Waals surface area contributed by atoms with Gasteiger partial charge in [0.25, 0.3) is 0 Å². The van der Waals surface area contributed by atoms with Crippen LogP contribution in [0.5, 0.6) is 5.75 Å². The van der Waals surface area contributed by atoms with E-state index < -0.39 is 23.4 Å². The summed E-state index contributed by atoms with van der Waals surface area (Å²) in [5.74, 6) is 0.421. The van der Waals surface area contributed by atoms with Gasteiger partial charge in [-0.25, -0.2) is 4.79 Å². The monoisotopic (exact) mass is 262 g/mol. The van der Waals surface area contributed by atoms with Crippen LogP contribution in [0.4, 0.5) is 0 Å². The topological polar surface area (TPSA) is 79.9 Å². The van der Waals surface area contributed by atoms with Gasteiger partial charge in [0.2, 0.25) is 0 Å². The first-order valence-corrected chi connectivity index (χ1v) is 6.01. The molecule has 19 heavy (non-hydrogen) atoms. The summed E-state index contributed by atoms with van der Waals surface area (Å²) in [6.07, 6.45) is -2.05. The molecule has 2 unspecified atom stereocenters. The molecule has 100 valence electrons. The van der Waals surface area contributed by atoms with Gasteiger partial charge in [0, 0.05) is 23.1 Å². The van der Waals surface area contributed by atoms with Crippen molar-refractivity contribution in [3.8, 4) is 5.75 Å². The molecule has 0 radical (unpaired) electrons. The molecule has 3 rings (SSSR count). The Hall–Kier alpha value is -1.85. The van der Waals surface area contributed by atoms with Crippen LogP contribution in [-0.4, -0.2) is 21.9 Å². The number of benzene rings is 1. The van der Waals surface area contributed by atoms with E-state index in [4.69, 9.17) is 9.15 Å². The lowest BCUT2D eigenvalue weighted by Gasteiger charge is -2.40. The van der Waals surface area contributed by atoms with Crippen molar-refractivity contribution in [2.75, 3.05) is 0 Å². The first kappa shape index (κ1) is 12.2. The highest BCUT2D eigenvalue weighted by Crippen LogP contribution is 2.41. The molecule has 1 aliphatic rings. The standard InChI is InChI=1S/C14H14O5/c1-14(2)13(17)12(16)8-5-7-3-4-11(15)18-9(7)6-10(8)19-14/h3-6,12-13,16-17H,1-2H3. The van der Waals surface area contributed by atoms with Crippen LogP contribution in [0.15, 0.2) is 33.5 Å². The first-order chi connectivity index (χ1) is 8.88. The Morgan fingerprint density at radius 1 is 1.21 bits per heavy atom. The van der Waals surface area contributed by atoms with Gasteiger partial charge in [-0.2, -0.15) is 0 Å². The predicted octanol–water partition coefficient (Wildman–Crippen LogP) is 1.36. The summed E-state index contributed by atoms with van der Waals surface area (Å²) < 4.78 is 10.8. The van der Waals surface area contributed by atoms with Crippen LogP contribution in [0.25, 0.3) is 11.0 Å². The lowest BCUT2D eigenvalue weighted by atomic mass is 9.88. The van der Waals surface area contributed by atoms with Crippen LogP contribution in [0.1, 0.15) is 25.5 Å². The zero-order valence-electron chi connectivity index (χ0n) is 10.6. The fourth-order valence-corrected chi connectivity index (χ4v) is 2.33. The highest BCUT2D eigenvalue weighted by atomic mass is 16.5. The highest BCUT2D eigenvalue weighted by molar-refractivity contribution is 5.79. The van der Waals surface area contributed by atoms with E-state index in [0.717, 1.165) is 0 Å². The van der Waals surface area contributed by atoms with E-state index in [1.54, 1.807) is 32.0 Å². The van der Waals surface area contributed by atoms with Gasteiger partial charge in [0.15, 0.2) is 0 Å². The van der Waals surface area contributed by atoms with Gasteiger partial charge < -0.3 is 19.4 Å². The molecule has 2 N–H and O–H groups in total. The van der Waals surface area contributed by atoms with Crippen LogP contribution in [0, 0.1) is 0 Å². The summed E-state index contributed by atoms with van der Waals surface area (Å²) in [7, 11) is 0. The number of rotatable bonds is 0. The molecule has 0 amide bonds. The van der Waals surface area contributed by atoms with E-state index in [2.05, 4.69) is 0 Å². The van der Waals surface area contributed by atoms with Gasteiger partial charge in [-0.05, 0) is 26.0 Å². The molecule has 0 saturated heterocycles. The zero-order chi connectivity index (χ0) is 13.8. The van der Waals surface area contributed by atoms with E-state index in [9.17, 15) is 15.0 Å². The average Bonchev–Trinajstić information content (AvgIpc) is 2.34. The molecule has 0 saturated carbocycles. The zero-order valence-corrected chi connectivity index (χ0v) is 10.6. The van der Waals surface area contributed by atoms with Crippen molar-refractivity contribution in [3.63, 3.8) is 0 Å². The van der Waals surface area contributed by atoms with Crippen molar-refractivity contribution < 1.29 is 19.4 Å². The molecule has 5 nitrogen and oxygen atoms in total. The van der Waals surface area contributed by atoms with E-state index in [-0.39, 0.29) is 0 Å². The molecule has 2 heterocycles. The molecule has 2 atom stereocenters. The number of fused-ring (bicyclic) bond motifs is 2. The van der Waals surface area contributed by atoms with Gasteiger partial charge in [0.1, 0.15) is 29.1 Å². The van der Waals surface area contributed by atoms with Crippen molar-refractivity contribution >= 4 is 11.0 Å². The third kappa shape index (κ3) is 1.82. The van der Waals surface area contributed by atoms with Crippen molar-refractivity contribution in [3.05, 3.63) is 40.2 Å². The van der Waals surface area contributed by atoms with E-state index in [0.29, 0.717) is 22.3 Å². The van der Waals surface area contributed by atoms with Crippen molar-refractivity contribution in [2.24, 2.45) is 0 Å². The Morgan fingerprint density at radius 2 is 1.95 bits per heavy atom. The van der Waals surface area contributed by atoms with Crippen LogP contribution >= 0.6 is 0 Å². The minimum absolute atomic E-state index is 0.394. The number of hydrogen-bond donors (Lipinski definition) is 2. The predicted molar refractivity (Wildman–Crippen MR) is 68.2 cm³/mol. The van der Waals surface area contributed by atoms with Gasteiger partial charge in [-0.1, -0.05) is 0 Å². The second-order valence-electron chi connectivity index (χ2n) is 5.28. The van der Waals surface area contributed by atoms with Gasteiger partial charge in [0.05, 0.1) is 0 Å². The third-order valence-corrected chi connectivity index (χ3v) is 3.45. The summed E-state index contributed by atoms with van der Waals surface area (Å²) in [6.45, 7) is 3.38. The maximum atomic E-state index is 11.2.